The number of carbonyl (C=O) groups excluding carboxylic acids is 1. The summed E-state index contributed by atoms with van der Waals surface area (Å²) in [6, 6.07) is 14.7. The summed E-state index contributed by atoms with van der Waals surface area (Å²) in [5, 5.41) is 13.8. The van der Waals surface area contributed by atoms with Crippen molar-refractivity contribution in [3.63, 3.8) is 0 Å². The van der Waals surface area contributed by atoms with Crippen LogP contribution >= 0.6 is 45.9 Å². The largest absolute Gasteiger partial charge is 0.486 e. The van der Waals surface area contributed by atoms with Gasteiger partial charge in [0.05, 0.1) is 5.02 Å². The highest BCUT2D eigenvalue weighted by atomic mass is 35.5. The van der Waals surface area contributed by atoms with Crippen LogP contribution in [0.3, 0.4) is 0 Å². The molecule has 2 aromatic heterocycles. The zero-order chi connectivity index (χ0) is 18.8. The molecule has 0 saturated carbocycles. The Morgan fingerprint density at radius 1 is 1.04 bits per heavy atom. The number of hydrogen-bond acceptors (Lipinski definition) is 6. The molecule has 0 aliphatic rings. The number of nitrogens with one attached hydrogen (secondary N) is 1. The zero-order valence-corrected chi connectivity index (χ0v) is 16.8. The van der Waals surface area contributed by atoms with Crippen LogP contribution in [-0.4, -0.2) is 16.1 Å². The minimum absolute atomic E-state index is 0.249. The van der Waals surface area contributed by atoms with E-state index < -0.39 is 0 Å². The molecule has 4 rings (SSSR count). The predicted molar refractivity (Wildman–Crippen MR) is 110 cm³/mol. The summed E-state index contributed by atoms with van der Waals surface area (Å²) in [5.41, 5.74) is 0. The van der Waals surface area contributed by atoms with Crippen LogP contribution < -0.4 is 10.1 Å². The van der Waals surface area contributed by atoms with Crippen LogP contribution in [0.25, 0.3) is 10.1 Å². The first-order chi connectivity index (χ1) is 13.1. The molecule has 4 aromatic rings. The van der Waals surface area contributed by atoms with Crippen molar-refractivity contribution in [3.05, 3.63) is 68.5 Å². The van der Waals surface area contributed by atoms with Gasteiger partial charge in [0.1, 0.15) is 17.2 Å². The fourth-order valence-electron chi connectivity index (χ4n) is 2.35. The van der Waals surface area contributed by atoms with Gasteiger partial charge in [-0.15, -0.1) is 21.5 Å². The second-order valence-electron chi connectivity index (χ2n) is 5.44. The average Bonchev–Trinajstić information content (AvgIpc) is 3.26. The summed E-state index contributed by atoms with van der Waals surface area (Å²) >= 11 is 14.8. The Kier molecular flexibility index (Phi) is 5.27. The Morgan fingerprint density at radius 3 is 2.59 bits per heavy atom. The van der Waals surface area contributed by atoms with Crippen LogP contribution in [0, 0.1) is 0 Å². The Bertz CT molecular complexity index is 1110. The van der Waals surface area contributed by atoms with E-state index in [1.807, 2.05) is 24.3 Å². The third kappa shape index (κ3) is 4.06. The number of halogens is 2. The summed E-state index contributed by atoms with van der Waals surface area (Å²) in [4.78, 5) is 13.0. The van der Waals surface area contributed by atoms with Gasteiger partial charge in [-0.2, -0.15) is 0 Å². The number of nitrogens with zero attached hydrogens (tertiary/aromatic N) is 2. The SMILES string of the molecule is O=C(Nc1nnc(COc2ccc(Cl)cc2)s1)c1sc2ccccc2c1Cl. The van der Waals surface area contributed by atoms with Gasteiger partial charge in [0.2, 0.25) is 5.13 Å². The van der Waals surface area contributed by atoms with E-state index in [-0.39, 0.29) is 12.5 Å². The van der Waals surface area contributed by atoms with E-state index in [9.17, 15) is 4.79 Å². The molecule has 1 amide bonds. The first-order valence-corrected chi connectivity index (χ1v) is 10.2. The van der Waals surface area contributed by atoms with Gasteiger partial charge in [-0.1, -0.05) is 52.7 Å². The highest BCUT2D eigenvalue weighted by molar-refractivity contribution is 7.22. The van der Waals surface area contributed by atoms with Crippen molar-refractivity contribution in [3.8, 4) is 5.75 Å². The molecule has 0 saturated heterocycles. The van der Waals surface area contributed by atoms with Crippen molar-refractivity contribution in [1.29, 1.82) is 0 Å². The van der Waals surface area contributed by atoms with E-state index in [1.54, 1.807) is 24.3 Å². The topological polar surface area (TPSA) is 64.1 Å². The molecule has 0 fully saturated rings. The maximum absolute atomic E-state index is 12.5. The quantitative estimate of drug-likeness (QED) is 0.424. The molecule has 9 heteroatoms. The lowest BCUT2D eigenvalue weighted by Crippen LogP contribution is -2.10. The van der Waals surface area contributed by atoms with Crippen LogP contribution in [0.2, 0.25) is 10.0 Å². The molecule has 27 heavy (non-hydrogen) atoms. The fourth-order valence-corrected chi connectivity index (χ4v) is 4.54. The van der Waals surface area contributed by atoms with Crippen LogP contribution in [0.15, 0.2) is 48.5 Å². The maximum Gasteiger partial charge on any atom is 0.269 e. The summed E-state index contributed by atoms with van der Waals surface area (Å²) < 4.78 is 6.59. The zero-order valence-electron chi connectivity index (χ0n) is 13.6. The summed E-state index contributed by atoms with van der Waals surface area (Å²) in [5.74, 6) is 0.375. The van der Waals surface area contributed by atoms with Gasteiger partial charge in [-0.05, 0) is 30.3 Å². The van der Waals surface area contributed by atoms with E-state index in [0.717, 1.165) is 10.1 Å². The van der Waals surface area contributed by atoms with Gasteiger partial charge < -0.3 is 4.74 Å². The third-order valence-corrected chi connectivity index (χ3v) is 6.34. The van der Waals surface area contributed by atoms with Gasteiger partial charge in [0.15, 0.2) is 5.01 Å². The van der Waals surface area contributed by atoms with Crippen LogP contribution in [0.1, 0.15) is 14.7 Å². The standard InChI is InChI=1S/C18H11Cl2N3O2S2/c19-10-5-7-11(8-6-10)25-9-14-22-23-18(27-14)21-17(24)16-15(20)12-3-1-2-4-13(12)26-16/h1-8H,9H2,(H,21,23,24). The van der Waals surface area contributed by atoms with E-state index in [4.69, 9.17) is 27.9 Å². The van der Waals surface area contributed by atoms with Gasteiger partial charge >= 0.3 is 0 Å². The van der Waals surface area contributed by atoms with Gasteiger partial charge in [0.25, 0.3) is 5.91 Å². The molecule has 0 aliphatic heterocycles. The average molecular weight is 436 g/mol. The molecule has 2 heterocycles. The van der Waals surface area contributed by atoms with Gasteiger partial charge in [-0.3, -0.25) is 10.1 Å². The highest BCUT2D eigenvalue weighted by Gasteiger charge is 2.18. The molecule has 5 nitrogen and oxygen atoms in total. The van der Waals surface area contributed by atoms with Crippen LogP contribution in [-0.2, 0) is 6.61 Å². The molecular formula is C18H11Cl2N3O2S2. The Hall–Kier alpha value is -2.19. The molecule has 0 radical (unpaired) electrons. The predicted octanol–water partition coefficient (Wildman–Crippen LogP) is 5.89. The monoisotopic (exact) mass is 435 g/mol. The summed E-state index contributed by atoms with van der Waals surface area (Å²) in [6.07, 6.45) is 0. The van der Waals surface area contributed by atoms with Crippen molar-refractivity contribution in [1.82, 2.24) is 10.2 Å². The van der Waals surface area contributed by atoms with Crippen molar-refractivity contribution in [2.24, 2.45) is 0 Å². The number of fused-ring (bicyclic) bond motifs is 1. The number of hydrogen-bond donors (Lipinski definition) is 1. The first kappa shape index (κ1) is 18.2. The van der Waals surface area contributed by atoms with Crippen LogP contribution in [0.4, 0.5) is 5.13 Å². The number of anilines is 1. The van der Waals surface area contributed by atoms with Gasteiger partial charge in [-0.25, -0.2) is 0 Å². The van der Waals surface area contributed by atoms with Crippen molar-refractivity contribution in [2.45, 2.75) is 6.61 Å². The lowest BCUT2D eigenvalue weighted by atomic mass is 10.2. The Labute approximate surface area is 172 Å². The molecule has 0 spiro atoms. The Morgan fingerprint density at radius 2 is 1.81 bits per heavy atom. The molecule has 136 valence electrons. The maximum atomic E-state index is 12.5. The number of benzene rings is 2. The number of carbonyl (C=O) groups is 1. The first-order valence-electron chi connectivity index (χ1n) is 7.79. The van der Waals surface area contributed by atoms with Crippen molar-refractivity contribution < 1.29 is 9.53 Å². The smallest absolute Gasteiger partial charge is 0.269 e. The minimum atomic E-state index is -0.303. The highest BCUT2D eigenvalue weighted by Crippen LogP contribution is 2.35. The molecule has 0 atom stereocenters. The molecule has 0 aliphatic carbocycles. The van der Waals surface area contributed by atoms with E-state index >= 15 is 0 Å². The van der Waals surface area contributed by atoms with Crippen molar-refractivity contribution >= 4 is 67.0 Å². The minimum Gasteiger partial charge on any atom is -0.486 e. The second-order valence-corrected chi connectivity index (χ2v) is 8.37. The molecule has 0 bridgehead atoms. The number of amides is 1. The normalized spacial score (nSPS) is 10.9. The second kappa shape index (κ2) is 7.82. The summed E-state index contributed by atoms with van der Waals surface area (Å²) in [6.45, 7) is 0.249. The third-order valence-electron chi connectivity index (χ3n) is 3.60. The van der Waals surface area contributed by atoms with Crippen LogP contribution in [0.5, 0.6) is 5.75 Å². The van der Waals surface area contributed by atoms with E-state index in [0.29, 0.717) is 30.8 Å². The number of rotatable bonds is 5. The number of thiophene rings is 1. The Balaban J connectivity index is 1.43. The molecular weight excluding hydrogens is 425 g/mol. The summed E-state index contributed by atoms with van der Waals surface area (Å²) in [7, 11) is 0. The van der Waals surface area contributed by atoms with Crippen molar-refractivity contribution in [2.75, 3.05) is 5.32 Å². The van der Waals surface area contributed by atoms with Gasteiger partial charge in [0, 0.05) is 15.1 Å². The molecule has 0 unspecified atom stereocenters. The number of ether oxygens (including phenoxy) is 1. The fraction of sp³-hybridized carbons (Fsp3) is 0.0556. The number of aromatic nitrogens is 2. The molecule has 2 aromatic carbocycles. The lowest BCUT2D eigenvalue weighted by Gasteiger charge is -2.02. The molecule has 1 N–H and O–H groups in total. The lowest BCUT2D eigenvalue weighted by molar-refractivity contribution is 0.103. The van der Waals surface area contributed by atoms with E-state index in [2.05, 4.69) is 15.5 Å². The van der Waals surface area contributed by atoms with E-state index in [1.165, 1.54) is 22.7 Å².